The number of thiophene rings is 1. The first-order chi connectivity index (χ1) is 18.3. The average Bonchev–Trinajstić information content (AvgIpc) is 3.48. The van der Waals surface area contributed by atoms with Gasteiger partial charge in [-0.3, -0.25) is 4.79 Å². The van der Waals surface area contributed by atoms with Crippen LogP contribution in [0.15, 0.2) is 78.7 Å². The van der Waals surface area contributed by atoms with E-state index in [9.17, 15) is 13.2 Å². The van der Waals surface area contributed by atoms with Crippen molar-refractivity contribution in [1.29, 1.82) is 0 Å². The number of hydrogen-bond acceptors (Lipinski definition) is 6. The topological polar surface area (TPSA) is 83.8 Å². The second kappa shape index (κ2) is 10.9. The molecule has 0 bridgehead atoms. The van der Waals surface area contributed by atoms with Crippen LogP contribution in [0.25, 0.3) is 20.8 Å². The number of amides is 1. The number of fused-ring (bicyclic) bond motifs is 2. The zero-order valence-electron chi connectivity index (χ0n) is 21.1. The van der Waals surface area contributed by atoms with Gasteiger partial charge in [0, 0.05) is 30.6 Å². The van der Waals surface area contributed by atoms with Crippen molar-refractivity contribution in [3.63, 3.8) is 0 Å². The van der Waals surface area contributed by atoms with E-state index in [2.05, 4.69) is 31.6 Å². The van der Waals surface area contributed by atoms with Crippen LogP contribution in [0.2, 0.25) is 0 Å². The summed E-state index contributed by atoms with van der Waals surface area (Å²) >= 11 is 3.24. The number of hydrogen-bond donors (Lipinski definition) is 2. The molecule has 0 radical (unpaired) electrons. The number of likely N-dealkylation sites (N-methyl/N-ethyl adjacent to an activating group) is 1. The van der Waals surface area contributed by atoms with Crippen LogP contribution in [0, 0.1) is 0 Å². The van der Waals surface area contributed by atoms with Gasteiger partial charge < -0.3 is 10.2 Å². The van der Waals surface area contributed by atoms with Gasteiger partial charge in [0.25, 0.3) is 5.91 Å². The van der Waals surface area contributed by atoms with Gasteiger partial charge in [-0.1, -0.05) is 24.3 Å². The van der Waals surface area contributed by atoms with Gasteiger partial charge >= 0.3 is 0 Å². The first-order valence-corrected chi connectivity index (χ1v) is 15.3. The Hall–Kier alpha value is -3.15. The average molecular weight is 566 g/mol. The highest BCUT2D eigenvalue weighted by molar-refractivity contribution is 7.89. The lowest BCUT2D eigenvalue weighted by molar-refractivity contribution is -0.895. The molecular weight excluding hydrogens is 537 g/mol. The monoisotopic (exact) mass is 565 g/mol. The van der Waals surface area contributed by atoms with Crippen LogP contribution in [0.3, 0.4) is 0 Å². The van der Waals surface area contributed by atoms with Crippen molar-refractivity contribution < 1.29 is 18.1 Å². The maximum atomic E-state index is 13.3. The number of rotatable bonds is 9. The van der Waals surface area contributed by atoms with E-state index in [1.165, 1.54) is 43.9 Å². The van der Waals surface area contributed by atoms with Crippen molar-refractivity contribution in [1.82, 2.24) is 9.29 Å². The van der Waals surface area contributed by atoms with Gasteiger partial charge in [-0.15, -0.1) is 35.8 Å². The fourth-order valence-corrected chi connectivity index (χ4v) is 8.42. The Morgan fingerprint density at radius 2 is 1.82 bits per heavy atom. The van der Waals surface area contributed by atoms with E-state index in [0.717, 1.165) is 45.3 Å². The van der Waals surface area contributed by atoms with Crippen LogP contribution in [0.4, 0.5) is 5.00 Å². The molecule has 1 atom stereocenters. The number of benzene rings is 2. The predicted octanol–water partition coefficient (Wildman–Crippen LogP) is 4.21. The van der Waals surface area contributed by atoms with Gasteiger partial charge in [0.2, 0.25) is 10.0 Å². The SMILES string of the molecule is C=CCN(CC=C)S(=O)(=O)c1ccc(C(=O)Nc2sc3c(c2-c2nc4ccccc4s2)CC[NH+](C)C3)cc1. The molecule has 4 aromatic rings. The van der Waals surface area contributed by atoms with E-state index >= 15 is 0 Å². The Kier molecular flexibility index (Phi) is 7.60. The fourth-order valence-electron chi connectivity index (χ4n) is 4.58. The molecule has 1 unspecified atom stereocenters. The number of sulfonamides is 1. The summed E-state index contributed by atoms with van der Waals surface area (Å²) in [4.78, 5) is 21.0. The molecule has 7 nitrogen and oxygen atoms in total. The molecule has 2 aromatic heterocycles. The van der Waals surface area contributed by atoms with E-state index < -0.39 is 10.0 Å². The first-order valence-electron chi connectivity index (χ1n) is 12.3. The maximum absolute atomic E-state index is 13.3. The zero-order valence-corrected chi connectivity index (χ0v) is 23.5. The van der Waals surface area contributed by atoms with E-state index in [0.29, 0.717) is 5.56 Å². The molecule has 0 saturated heterocycles. The maximum Gasteiger partial charge on any atom is 0.256 e. The van der Waals surface area contributed by atoms with Gasteiger partial charge in [-0.2, -0.15) is 4.31 Å². The molecule has 5 rings (SSSR count). The Bertz CT molecular complexity index is 1580. The summed E-state index contributed by atoms with van der Waals surface area (Å²) in [6.07, 6.45) is 3.99. The molecule has 0 aliphatic carbocycles. The van der Waals surface area contributed by atoms with E-state index in [1.54, 1.807) is 34.8 Å². The zero-order chi connectivity index (χ0) is 26.9. The highest BCUT2D eigenvalue weighted by Crippen LogP contribution is 2.44. The highest BCUT2D eigenvalue weighted by Gasteiger charge is 2.29. The second-order valence-electron chi connectivity index (χ2n) is 9.21. The molecule has 3 heterocycles. The van der Waals surface area contributed by atoms with Crippen LogP contribution in [0.1, 0.15) is 20.8 Å². The van der Waals surface area contributed by atoms with Gasteiger partial charge in [-0.25, -0.2) is 13.4 Å². The summed E-state index contributed by atoms with van der Waals surface area (Å²) in [7, 11) is -1.56. The Labute approximate surface area is 230 Å². The highest BCUT2D eigenvalue weighted by atomic mass is 32.2. The fraction of sp³-hybridized carbons (Fsp3) is 0.214. The molecule has 1 aliphatic heterocycles. The Balaban J connectivity index is 1.45. The predicted molar refractivity (Wildman–Crippen MR) is 156 cm³/mol. The molecule has 2 aromatic carbocycles. The number of aromatic nitrogens is 1. The summed E-state index contributed by atoms with van der Waals surface area (Å²) in [5, 5.41) is 4.81. The largest absolute Gasteiger partial charge is 0.333 e. The third kappa shape index (κ3) is 5.10. The number of nitrogens with zero attached hydrogens (tertiary/aromatic N) is 2. The number of thiazole rings is 1. The number of anilines is 1. The summed E-state index contributed by atoms with van der Waals surface area (Å²) < 4.78 is 28.4. The summed E-state index contributed by atoms with van der Waals surface area (Å²) in [6.45, 7) is 9.56. The summed E-state index contributed by atoms with van der Waals surface area (Å²) in [6, 6.07) is 14.1. The molecular formula is C28H29N4O3S3+. The molecule has 1 amide bonds. The minimum Gasteiger partial charge on any atom is -0.333 e. The van der Waals surface area contributed by atoms with Crippen molar-refractivity contribution in [3.8, 4) is 10.6 Å². The van der Waals surface area contributed by atoms with Gasteiger partial charge in [0.15, 0.2) is 0 Å². The number of carbonyl (C=O) groups excluding carboxylic acids is 1. The quantitative estimate of drug-likeness (QED) is 0.298. The molecule has 196 valence electrons. The van der Waals surface area contributed by atoms with E-state index in [1.807, 2.05) is 18.2 Å². The van der Waals surface area contributed by atoms with Crippen LogP contribution in [0.5, 0.6) is 0 Å². The smallest absolute Gasteiger partial charge is 0.256 e. The van der Waals surface area contributed by atoms with Gasteiger partial charge in [-0.05, 0) is 42.0 Å². The standard InChI is InChI=1S/C28H28N4O3S3/c1-4-15-32(16-5-2)38(34,35)20-12-10-19(11-13-20)26(33)30-28-25(21-14-17-31(3)18-24(21)37-28)27-29-22-8-6-7-9-23(22)36-27/h4-13H,1-2,14-18H2,3H3,(H,30,33)/p+1. The Morgan fingerprint density at radius 1 is 1.11 bits per heavy atom. The molecule has 38 heavy (non-hydrogen) atoms. The van der Waals surface area contributed by atoms with Gasteiger partial charge in [0.05, 0.1) is 33.6 Å². The number of quaternary nitrogens is 1. The van der Waals surface area contributed by atoms with Crippen molar-refractivity contribution in [3.05, 3.63) is 89.8 Å². The summed E-state index contributed by atoms with van der Waals surface area (Å²) in [5.41, 5.74) is 3.60. The van der Waals surface area contributed by atoms with Crippen LogP contribution in [-0.4, -0.2) is 50.3 Å². The molecule has 10 heteroatoms. The van der Waals surface area contributed by atoms with Gasteiger partial charge in [0.1, 0.15) is 16.6 Å². The third-order valence-corrected chi connectivity index (χ3v) is 10.6. The van der Waals surface area contributed by atoms with Crippen LogP contribution >= 0.6 is 22.7 Å². The van der Waals surface area contributed by atoms with Crippen molar-refractivity contribution >= 4 is 53.8 Å². The summed E-state index contributed by atoms with van der Waals surface area (Å²) in [5.74, 6) is -0.287. The normalized spacial score (nSPS) is 15.4. The lowest BCUT2D eigenvalue weighted by Gasteiger charge is -2.19. The first kappa shape index (κ1) is 26.5. The molecule has 0 spiro atoms. The molecule has 2 N–H and O–H groups in total. The Morgan fingerprint density at radius 3 is 2.50 bits per heavy atom. The molecule has 1 aliphatic rings. The van der Waals surface area contributed by atoms with Crippen LogP contribution < -0.4 is 10.2 Å². The molecule has 0 fully saturated rings. The van der Waals surface area contributed by atoms with Crippen LogP contribution in [-0.2, 0) is 23.0 Å². The van der Waals surface area contributed by atoms with E-state index in [4.69, 9.17) is 4.98 Å². The molecule has 0 saturated carbocycles. The number of para-hydroxylation sites is 1. The van der Waals surface area contributed by atoms with Crippen molar-refractivity contribution in [2.75, 3.05) is 32.0 Å². The van der Waals surface area contributed by atoms with Crippen molar-refractivity contribution in [2.45, 2.75) is 17.9 Å². The second-order valence-corrected chi connectivity index (χ2v) is 13.3. The third-order valence-electron chi connectivity index (χ3n) is 6.51. The van der Waals surface area contributed by atoms with Crippen molar-refractivity contribution in [2.24, 2.45) is 0 Å². The number of nitrogens with one attached hydrogen (secondary N) is 2. The minimum atomic E-state index is -3.74. The number of carbonyl (C=O) groups is 1. The minimum absolute atomic E-state index is 0.116. The lowest BCUT2D eigenvalue weighted by Crippen LogP contribution is -3.08. The lowest BCUT2D eigenvalue weighted by atomic mass is 10.0. The van der Waals surface area contributed by atoms with E-state index in [-0.39, 0.29) is 23.9 Å².